The molecule has 0 aromatic carbocycles. The Morgan fingerprint density at radius 2 is 1.71 bits per heavy atom. The molecule has 3 aromatic rings. The van der Waals surface area contributed by atoms with E-state index in [1.807, 2.05) is 24.0 Å². The predicted molar refractivity (Wildman–Crippen MR) is 123 cm³/mol. The van der Waals surface area contributed by atoms with Crippen LogP contribution in [0, 0.1) is 6.92 Å². The molecule has 0 spiro atoms. The van der Waals surface area contributed by atoms with E-state index in [-0.39, 0.29) is 16.2 Å². The third kappa shape index (κ3) is 5.40. The van der Waals surface area contributed by atoms with E-state index >= 15 is 0 Å². The Balaban J connectivity index is 1.62. The summed E-state index contributed by atoms with van der Waals surface area (Å²) in [4.78, 5) is 9.01. The fourth-order valence-electron chi connectivity index (χ4n) is 3.50. The summed E-state index contributed by atoms with van der Waals surface area (Å²) in [5.74, 6) is 2.33. The first-order chi connectivity index (χ1) is 14.3. The quantitative estimate of drug-likeness (QED) is 0.400. The van der Waals surface area contributed by atoms with Crippen molar-refractivity contribution in [3.05, 3.63) is 52.6 Å². The summed E-state index contributed by atoms with van der Waals surface area (Å²) < 4.78 is 13.4. The van der Waals surface area contributed by atoms with Gasteiger partial charge in [-0.25, -0.2) is 9.97 Å². The zero-order valence-corrected chi connectivity index (χ0v) is 20.8. The summed E-state index contributed by atoms with van der Waals surface area (Å²) in [6, 6.07) is 0. The van der Waals surface area contributed by atoms with Gasteiger partial charge in [0.15, 0.2) is 11.8 Å². The Morgan fingerprint density at radius 3 is 2.29 bits per heavy atom. The Hall–Kier alpha value is -2.08. The summed E-state index contributed by atoms with van der Waals surface area (Å²) in [5.41, 5.74) is 1.71. The predicted octanol–water partition coefficient (Wildman–Crippen LogP) is 6.40. The molecule has 0 amide bonds. The summed E-state index contributed by atoms with van der Waals surface area (Å²) in [5, 5.41) is 5.21. The van der Waals surface area contributed by atoms with E-state index < -0.39 is 0 Å². The lowest BCUT2D eigenvalue weighted by Gasteiger charge is -2.22. The van der Waals surface area contributed by atoms with Crippen LogP contribution in [0.5, 0.6) is 0 Å². The summed E-state index contributed by atoms with van der Waals surface area (Å²) in [6.45, 7) is 17.7. The van der Waals surface area contributed by atoms with Crippen molar-refractivity contribution in [3.8, 4) is 0 Å². The van der Waals surface area contributed by atoms with Crippen molar-refractivity contribution in [2.75, 3.05) is 0 Å². The molecule has 0 atom stereocenters. The maximum atomic E-state index is 6.58. The summed E-state index contributed by atoms with van der Waals surface area (Å²) in [7, 11) is 0. The first-order valence-corrected chi connectivity index (χ1v) is 11.3. The second kappa shape index (κ2) is 8.45. The van der Waals surface area contributed by atoms with Gasteiger partial charge in [-0.05, 0) is 18.3 Å². The van der Waals surface area contributed by atoms with Crippen LogP contribution in [0.15, 0.2) is 27.5 Å². The highest BCUT2D eigenvalue weighted by Gasteiger charge is 2.29. The second-order valence-corrected chi connectivity index (χ2v) is 11.1. The SMILES string of the molecule is Cc1ncc(C(C)(C)CCc2nc(C(C)(C)CCn3ncc(C(C)(C)C)c3Cl)co2)o1. The number of aromatic nitrogens is 4. The first-order valence-electron chi connectivity index (χ1n) is 10.9. The molecule has 0 aliphatic carbocycles. The lowest BCUT2D eigenvalue weighted by molar-refractivity contribution is 0.342. The van der Waals surface area contributed by atoms with E-state index in [4.69, 9.17) is 25.4 Å². The molecule has 0 fully saturated rings. The van der Waals surface area contributed by atoms with Crippen molar-refractivity contribution in [2.45, 2.75) is 97.4 Å². The summed E-state index contributed by atoms with van der Waals surface area (Å²) >= 11 is 6.58. The standard InChI is InChI=1S/C24H35ClN4O2/c1-16-26-14-19(31-16)24(7,8)10-9-20-28-18(15-30-20)23(5,6)11-12-29-21(25)17(13-27-29)22(2,3)4/h13-15H,9-12H2,1-8H3. The molecule has 0 unspecified atom stereocenters. The molecule has 7 heteroatoms. The molecular formula is C24H35ClN4O2. The average molecular weight is 447 g/mol. The van der Waals surface area contributed by atoms with Crippen LogP contribution < -0.4 is 0 Å². The van der Waals surface area contributed by atoms with Gasteiger partial charge in [-0.3, -0.25) is 4.68 Å². The fourth-order valence-corrected chi connectivity index (χ4v) is 3.96. The van der Waals surface area contributed by atoms with Crippen LogP contribution in [0.25, 0.3) is 0 Å². The minimum atomic E-state index is -0.156. The van der Waals surface area contributed by atoms with Gasteiger partial charge in [0.2, 0.25) is 0 Å². The van der Waals surface area contributed by atoms with Crippen molar-refractivity contribution < 1.29 is 8.83 Å². The smallest absolute Gasteiger partial charge is 0.194 e. The van der Waals surface area contributed by atoms with E-state index in [1.54, 1.807) is 6.26 Å². The molecule has 0 aliphatic heterocycles. The van der Waals surface area contributed by atoms with E-state index in [1.165, 1.54) is 0 Å². The van der Waals surface area contributed by atoms with Gasteiger partial charge in [0.05, 0.1) is 18.1 Å². The Labute approximate surface area is 190 Å². The highest BCUT2D eigenvalue weighted by molar-refractivity contribution is 6.30. The van der Waals surface area contributed by atoms with Crippen LogP contribution in [0.2, 0.25) is 5.15 Å². The van der Waals surface area contributed by atoms with E-state index in [2.05, 4.69) is 58.5 Å². The largest absolute Gasteiger partial charge is 0.449 e. The maximum Gasteiger partial charge on any atom is 0.194 e. The van der Waals surface area contributed by atoms with E-state index in [9.17, 15) is 0 Å². The van der Waals surface area contributed by atoms with Gasteiger partial charge in [0.25, 0.3) is 0 Å². The third-order valence-corrected chi connectivity index (χ3v) is 6.43. The Kier molecular flexibility index (Phi) is 6.43. The molecule has 6 nitrogen and oxygen atoms in total. The van der Waals surface area contributed by atoms with Crippen LogP contribution in [-0.2, 0) is 29.2 Å². The van der Waals surface area contributed by atoms with Crippen molar-refractivity contribution >= 4 is 11.6 Å². The Morgan fingerprint density at radius 1 is 1.00 bits per heavy atom. The zero-order valence-electron chi connectivity index (χ0n) is 20.0. The van der Waals surface area contributed by atoms with Crippen molar-refractivity contribution in [2.24, 2.45) is 0 Å². The first kappa shape index (κ1) is 23.6. The monoisotopic (exact) mass is 446 g/mol. The van der Waals surface area contributed by atoms with Gasteiger partial charge in [-0.1, -0.05) is 60.1 Å². The van der Waals surface area contributed by atoms with Gasteiger partial charge in [-0.2, -0.15) is 5.10 Å². The van der Waals surface area contributed by atoms with Gasteiger partial charge in [0, 0.05) is 36.3 Å². The lowest BCUT2D eigenvalue weighted by Crippen LogP contribution is -2.21. The normalized spacial score (nSPS) is 13.2. The minimum absolute atomic E-state index is 0.0238. The van der Waals surface area contributed by atoms with Gasteiger partial charge in [-0.15, -0.1) is 0 Å². The molecule has 3 rings (SSSR count). The number of nitrogens with zero attached hydrogens (tertiary/aromatic N) is 4. The molecule has 0 radical (unpaired) electrons. The van der Waals surface area contributed by atoms with Crippen LogP contribution >= 0.6 is 11.6 Å². The van der Waals surface area contributed by atoms with Crippen LogP contribution in [-0.4, -0.2) is 19.7 Å². The second-order valence-electron chi connectivity index (χ2n) is 10.7. The number of hydrogen-bond acceptors (Lipinski definition) is 5. The number of rotatable bonds is 8. The minimum Gasteiger partial charge on any atom is -0.449 e. The molecule has 0 aliphatic rings. The van der Waals surface area contributed by atoms with Crippen LogP contribution in [0.3, 0.4) is 0 Å². The third-order valence-electron chi connectivity index (χ3n) is 6.03. The number of hydrogen-bond donors (Lipinski definition) is 0. The van der Waals surface area contributed by atoms with Gasteiger partial charge < -0.3 is 8.83 Å². The molecule has 0 saturated carbocycles. The number of oxazole rings is 2. The maximum absolute atomic E-state index is 6.58. The Bertz CT molecular complexity index is 1020. The molecule has 0 saturated heterocycles. The molecular weight excluding hydrogens is 412 g/mol. The molecule has 31 heavy (non-hydrogen) atoms. The topological polar surface area (TPSA) is 69.9 Å². The highest BCUT2D eigenvalue weighted by atomic mass is 35.5. The molecule has 170 valence electrons. The molecule has 0 bridgehead atoms. The highest BCUT2D eigenvalue weighted by Crippen LogP contribution is 2.33. The van der Waals surface area contributed by atoms with Gasteiger partial charge in [0.1, 0.15) is 17.2 Å². The number of aryl methyl sites for hydroxylation is 3. The van der Waals surface area contributed by atoms with Crippen molar-refractivity contribution in [1.29, 1.82) is 0 Å². The van der Waals surface area contributed by atoms with Crippen molar-refractivity contribution in [3.63, 3.8) is 0 Å². The van der Waals surface area contributed by atoms with E-state index in [0.717, 1.165) is 48.7 Å². The van der Waals surface area contributed by atoms with Crippen LogP contribution in [0.1, 0.15) is 90.1 Å². The van der Waals surface area contributed by atoms with Crippen LogP contribution in [0.4, 0.5) is 0 Å². The average Bonchev–Trinajstić information content (AvgIpc) is 3.38. The summed E-state index contributed by atoms with van der Waals surface area (Å²) in [6.07, 6.45) is 7.93. The van der Waals surface area contributed by atoms with E-state index in [0.29, 0.717) is 11.0 Å². The van der Waals surface area contributed by atoms with Crippen molar-refractivity contribution in [1.82, 2.24) is 19.7 Å². The lowest BCUT2D eigenvalue weighted by atomic mass is 9.85. The fraction of sp³-hybridized carbons (Fsp3) is 0.625. The molecule has 0 N–H and O–H groups in total. The zero-order chi connectivity index (χ0) is 23.0. The molecule has 3 aromatic heterocycles. The molecule has 3 heterocycles. The number of halogens is 1. The van der Waals surface area contributed by atoms with Gasteiger partial charge >= 0.3 is 0 Å².